The van der Waals surface area contributed by atoms with Gasteiger partial charge in [0.1, 0.15) is 0 Å². The molecule has 0 aromatic rings. The summed E-state index contributed by atoms with van der Waals surface area (Å²) in [5.41, 5.74) is 0. The predicted molar refractivity (Wildman–Crippen MR) is 189 cm³/mol. The molecule has 0 bridgehead atoms. The molecule has 0 aliphatic rings. The standard InChI is InChI=1S/2C16H32O2S.2CH3.Sn/c2*1-2-3-4-5-6-7-8-9-10-11-12-14-18-16(17)13-15-19;;;/h2*19H,2-15H2,1H3;2*1H3;. The van der Waals surface area contributed by atoms with E-state index in [-0.39, 0.29) is 33.1 Å². The van der Waals surface area contributed by atoms with Crippen LogP contribution in [0.4, 0.5) is 0 Å². The summed E-state index contributed by atoms with van der Waals surface area (Å²) in [6.45, 7) is 5.69. The van der Waals surface area contributed by atoms with Crippen LogP contribution in [0.15, 0.2) is 0 Å². The Morgan fingerprint density at radius 2 is 0.683 bits per heavy atom. The van der Waals surface area contributed by atoms with Crippen molar-refractivity contribution in [2.24, 2.45) is 0 Å². The van der Waals surface area contributed by atoms with Gasteiger partial charge in [-0.15, -0.1) is 0 Å². The number of ether oxygens (including phenoxy) is 2. The van der Waals surface area contributed by atoms with Gasteiger partial charge in [0.15, 0.2) is 0 Å². The van der Waals surface area contributed by atoms with E-state index in [4.69, 9.17) is 9.47 Å². The van der Waals surface area contributed by atoms with E-state index in [0.29, 0.717) is 37.6 Å². The molecule has 0 aromatic carbocycles. The van der Waals surface area contributed by atoms with Gasteiger partial charge in [-0.05, 0) is 12.8 Å². The second kappa shape index (κ2) is 44.9. The molecule has 246 valence electrons. The molecule has 0 spiro atoms. The van der Waals surface area contributed by atoms with Gasteiger partial charge in [0.2, 0.25) is 0 Å². The van der Waals surface area contributed by atoms with Gasteiger partial charge in [-0.25, -0.2) is 0 Å². The molecule has 0 rings (SSSR count). The summed E-state index contributed by atoms with van der Waals surface area (Å²) in [5, 5.41) is 0. The average molecular weight is 726 g/mol. The number of rotatable bonds is 28. The van der Waals surface area contributed by atoms with Crippen LogP contribution in [0.1, 0.15) is 168 Å². The molecule has 0 fully saturated rings. The first-order valence-electron chi connectivity index (χ1n) is 17.1. The Morgan fingerprint density at radius 3 is 0.902 bits per heavy atom. The van der Waals surface area contributed by atoms with Crippen molar-refractivity contribution in [2.45, 2.75) is 178 Å². The van der Waals surface area contributed by atoms with Crippen LogP contribution >= 0.6 is 25.3 Å². The Bertz CT molecular complexity index is 453. The van der Waals surface area contributed by atoms with Crippen LogP contribution in [-0.4, -0.2) is 57.8 Å². The zero-order valence-electron chi connectivity index (χ0n) is 27.8. The third kappa shape index (κ3) is 50.4. The van der Waals surface area contributed by atoms with Crippen LogP contribution in [0.25, 0.3) is 0 Å². The maximum atomic E-state index is 11.1. The van der Waals surface area contributed by atoms with E-state index in [1.165, 1.54) is 128 Å². The first kappa shape index (κ1) is 45.9. The Kier molecular flexibility index (Phi) is 50.2. The minimum absolute atomic E-state index is 0.109. The molecular weight excluding hydrogens is 655 g/mol. The zero-order chi connectivity index (χ0) is 31.1. The summed E-state index contributed by atoms with van der Waals surface area (Å²) in [4.78, 5) is 26.7. The molecule has 0 aromatic heterocycles. The Morgan fingerprint density at radius 1 is 0.463 bits per heavy atom. The molecule has 4 nitrogen and oxygen atoms in total. The number of thiol groups is 2. The van der Waals surface area contributed by atoms with Crippen molar-refractivity contribution in [1.82, 2.24) is 0 Å². The first-order chi connectivity index (χ1) is 20.0. The molecule has 41 heavy (non-hydrogen) atoms. The van der Waals surface area contributed by atoms with Crippen LogP contribution in [0.3, 0.4) is 0 Å². The number of carbonyl (C=O) groups is 2. The fourth-order valence-corrected chi connectivity index (χ4v) is 4.60. The van der Waals surface area contributed by atoms with Crippen molar-refractivity contribution in [3.63, 3.8) is 0 Å². The van der Waals surface area contributed by atoms with Gasteiger partial charge >= 0.3 is 43.0 Å². The summed E-state index contributed by atoms with van der Waals surface area (Å²) in [7, 11) is 0. The molecule has 0 saturated carbocycles. The Labute approximate surface area is 278 Å². The molecular formula is C34H70O4S2Sn. The van der Waals surface area contributed by atoms with Crippen LogP contribution in [0, 0.1) is 0 Å². The normalized spacial score (nSPS) is 10.3. The van der Waals surface area contributed by atoms with Crippen LogP contribution in [0.5, 0.6) is 0 Å². The third-order valence-corrected chi connectivity index (χ3v) is 7.10. The van der Waals surface area contributed by atoms with Crippen molar-refractivity contribution in [2.75, 3.05) is 24.7 Å². The Hall–Kier alpha value is 0.439. The maximum absolute atomic E-state index is 11.1. The van der Waals surface area contributed by atoms with Gasteiger partial charge in [0.25, 0.3) is 0 Å². The van der Waals surface area contributed by atoms with Crippen molar-refractivity contribution >= 4 is 58.3 Å². The van der Waals surface area contributed by atoms with E-state index >= 15 is 0 Å². The van der Waals surface area contributed by atoms with Crippen molar-refractivity contribution < 1.29 is 19.1 Å². The van der Waals surface area contributed by atoms with Crippen molar-refractivity contribution in [3.05, 3.63) is 0 Å². The predicted octanol–water partition coefficient (Wildman–Crippen LogP) is 11.1. The monoisotopic (exact) mass is 726 g/mol. The molecule has 0 unspecified atom stereocenters. The fraction of sp³-hybridized carbons (Fsp3) is 0.941. The Balaban J connectivity index is -0.000000642. The number of esters is 2. The van der Waals surface area contributed by atoms with Gasteiger partial charge in [0.05, 0.1) is 26.1 Å². The number of unbranched alkanes of at least 4 members (excludes halogenated alkanes) is 20. The molecule has 7 heteroatoms. The molecule has 0 aliphatic carbocycles. The van der Waals surface area contributed by atoms with E-state index in [1.807, 2.05) is 0 Å². The molecule has 0 N–H and O–H groups in total. The van der Waals surface area contributed by atoms with Crippen LogP contribution in [-0.2, 0) is 19.1 Å². The second-order valence-corrected chi connectivity index (χ2v) is 14.7. The van der Waals surface area contributed by atoms with Gasteiger partial charge in [-0.1, -0.05) is 142 Å². The summed E-state index contributed by atoms with van der Waals surface area (Å²) >= 11 is 8.22. The van der Waals surface area contributed by atoms with E-state index in [1.54, 1.807) is 0 Å². The second-order valence-electron chi connectivity index (χ2n) is 11.0. The van der Waals surface area contributed by atoms with Gasteiger partial charge in [0, 0.05) is 11.5 Å². The van der Waals surface area contributed by atoms with Gasteiger partial charge < -0.3 is 9.47 Å². The average Bonchev–Trinajstić information content (AvgIpc) is 2.95. The third-order valence-electron chi connectivity index (χ3n) is 6.65. The minimum atomic E-state index is -0.109. The summed E-state index contributed by atoms with van der Waals surface area (Å²) in [6, 6.07) is 0. The van der Waals surface area contributed by atoms with E-state index in [9.17, 15) is 9.59 Å². The van der Waals surface area contributed by atoms with Crippen molar-refractivity contribution in [1.29, 1.82) is 0 Å². The summed E-state index contributed by atoms with van der Waals surface area (Å²) < 4.78 is 10.2. The zero-order valence-corrected chi connectivity index (χ0v) is 32.5. The topological polar surface area (TPSA) is 52.6 Å². The van der Waals surface area contributed by atoms with E-state index < -0.39 is 0 Å². The van der Waals surface area contributed by atoms with E-state index in [2.05, 4.69) is 49.0 Å². The first-order valence-corrected chi connectivity index (χ1v) is 24.1. The quantitative estimate of drug-likeness (QED) is 0.0365. The van der Waals surface area contributed by atoms with Crippen LogP contribution < -0.4 is 0 Å². The molecule has 0 aliphatic heterocycles. The van der Waals surface area contributed by atoms with Crippen molar-refractivity contribution in [3.8, 4) is 0 Å². The number of carbonyl (C=O) groups excluding carboxylic acids is 2. The van der Waals surface area contributed by atoms with Gasteiger partial charge in [-0.2, -0.15) is 25.3 Å². The SMILES string of the molecule is CCCCCCCCCCCCCOC(=O)CCS.CCCCCCCCCCCCCOC(=O)CCS.[CH3][Sn][CH3]. The fourth-order valence-electron chi connectivity index (χ4n) is 4.23. The summed E-state index contributed by atoms with van der Waals surface area (Å²) in [6.07, 6.45) is 29.9. The van der Waals surface area contributed by atoms with E-state index in [0.717, 1.165) is 12.8 Å². The number of hydrogen-bond acceptors (Lipinski definition) is 6. The number of hydrogen-bond donors (Lipinski definition) is 2. The molecule has 0 heterocycles. The molecule has 0 saturated heterocycles. The van der Waals surface area contributed by atoms with Crippen LogP contribution in [0.2, 0.25) is 9.88 Å². The van der Waals surface area contributed by atoms with Gasteiger partial charge in [-0.3, -0.25) is 9.59 Å². The molecule has 2 radical (unpaired) electrons. The summed E-state index contributed by atoms with van der Waals surface area (Å²) in [5.74, 6) is 0.943. The molecule has 0 atom stereocenters. The molecule has 0 amide bonds.